The molecule has 7 heteroatoms. The molecule has 2 atom stereocenters. The van der Waals surface area contributed by atoms with Crippen LogP contribution in [-0.2, 0) is 14.4 Å². The summed E-state index contributed by atoms with van der Waals surface area (Å²) in [5, 5.41) is 21.9. The lowest BCUT2D eigenvalue weighted by atomic mass is 10.1. The third-order valence-corrected chi connectivity index (χ3v) is 2.75. The van der Waals surface area contributed by atoms with E-state index in [1.165, 1.54) is 19.2 Å². The van der Waals surface area contributed by atoms with Crippen LogP contribution in [-0.4, -0.2) is 35.3 Å². The van der Waals surface area contributed by atoms with Gasteiger partial charge in [-0.2, -0.15) is 5.26 Å². The Kier molecular flexibility index (Phi) is 3.46. The van der Waals surface area contributed by atoms with Crippen LogP contribution >= 0.6 is 0 Å². The summed E-state index contributed by atoms with van der Waals surface area (Å²) < 4.78 is 0. The molecule has 1 amide bonds. The van der Waals surface area contributed by atoms with Crippen LogP contribution in [0.3, 0.4) is 0 Å². The molecule has 1 heterocycles. The Morgan fingerprint density at radius 3 is 2.79 bits per heavy atom. The minimum absolute atomic E-state index is 0.269. The summed E-state index contributed by atoms with van der Waals surface area (Å²) in [5.74, 6) is -2.89. The Hall–Kier alpha value is -2.43. The summed E-state index contributed by atoms with van der Waals surface area (Å²) in [6.45, 7) is 0. The number of carbonyl (C=O) groups is 2. The summed E-state index contributed by atoms with van der Waals surface area (Å²) in [6.07, 6.45) is -1.35. The normalized spacial score (nSPS) is 22.7. The molecule has 1 aromatic rings. The van der Waals surface area contributed by atoms with E-state index < -0.39 is 24.0 Å². The van der Waals surface area contributed by atoms with Crippen LogP contribution in [0.1, 0.15) is 5.56 Å². The molecule has 1 saturated heterocycles. The van der Waals surface area contributed by atoms with E-state index >= 15 is 0 Å². The summed E-state index contributed by atoms with van der Waals surface area (Å²) in [5.41, 5.74) is 0.551. The number of amides is 1. The van der Waals surface area contributed by atoms with Crippen LogP contribution in [0.15, 0.2) is 24.3 Å². The molecule has 7 nitrogen and oxygen atoms in total. The van der Waals surface area contributed by atoms with Crippen molar-refractivity contribution in [3.8, 4) is 6.07 Å². The lowest BCUT2D eigenvalue weighted by Gasteiger charge is -2.13. The van der Waals surface area contributed by atoms with Crippen LogP contribution in [0, 0.1) is 17.2 Å². The van der Waals surface area contributed by atoms with Gasteiger partial charge >= 0.3 is 5.97 Å². The van der Waals surface area contributed by atoms with Crippen LogP contribution in [0.5, 0.6) is 0 Å². The third-order valence-electron chi connectivity index (χ3n) is 2.75. The van der Waals surface area contributed by atoms with Gasteiger partial charge in [0, 0.05) is 7.05 Å². The number of anilines is 1. The molecule has 1 aromatic carbocycles. The van der Waals surface area contributed by atoms with Crippen molar-refractivity contribution < 1.29 is 19.5 Å². The monoisotopic (exact) mass is 261 g/mol. The molecule has 2 unspecified atom stereocenters. The Balaban J connectivity index is 2.18. The highest BCUT2D eigenvalue weighted by atomic mass is 16.7. The number of nitrogens with one attached hydrogen (secondary N) is 1. The zero-order chi connectivity index (χ0) is 14.0. The first-order valence-electron chi connectivity index (χ1n) is 5.47. The highest BCUT2D eigenvalue weighted by Crippen LogP contribution is 2.22. The topological polar surface area (TPSA) is 103 Å². The van der Waals surface area contributed by atoms with Gasteiger partial charge in [0.1, 0.15) is 6.07 Å². The fraction of sp³-hybridized carbons (Fsp3) is 0.250. The number of aliphatic hydroxyl groups is 1. The van der Waals surface area contributed by atoms with Gasteiger partial charge in [-0.25, -0.2) is 4.79 Å². The number of benzene rings is 1. The maximum absolute atomic E-state index is 11.9. The predicted octanol–water partition coefficient (Wildman–Crippen LogP) is -0.165. The van der Waals surface area contributed by atoms with Crippen molar-refractivity contribution in [1.29, 1.82) is 5.26 Å². The number of hydrogen-bond donors (Lipinski definition) is 2. The predicted molar refractivity (Wildman–Crippen MR) is 63.1 cm³/mol. The number of rotatable bonds is 2. The lowest BCUT2D eigenvalue weighted by molar-refractivity contribution is -0.183. The number of carbonyl (C=O) groups excluding carboxylic acids is 2. The summed E-state index contributed by atoms with van der Waals surface area (Å²) >= 11 is 0. The van der Waals surface area contributed by atoms with Gasteiger partial charge in [-0.3, -0.25) is 4.79 Å². The van der Waals surface area contributed by atoms with E-state index in [9.17, 15) is 14.7 Å². The van der Waals surface area contributed by atoms with Crippen molar-refractivity contribution in [2.75, 3.05) is 12.4 Å². The Labute approximate surface area is 109 Å². The Bertz CT molecular complexity index is 566. The minimum atomic E-state index is -1.35. The van der Waals surface area contributed by atoms with Gasteiger partial charge in [-0.15, -0.1) is 5.06 Å². The van der Waals surface area contributed by atoms with Crippen LogP contribution in [0.2, 0.25) is 0 Å². The Morgan fingerprint density at radius 2 is 2.21 bits per heavy atom. The summed E-state index contributed by atoms with van der Waals surface area (Å²) in [7, 11) is 1.35. The highest BCUT2D eigenvalue weighted by molar-refractivity contribution is 6.06. The molecule has 1 fully saturated rings. The number of hydroxylamine groups is 2. The maximum Gasteiger partial charge on any atom is 0.341 e. The largest absolute Gasteiger partial charge is 0.374 e. The van der Waals surface area contributed by atoms with Gasteiger partial charge in [-0.05, 0) is 12.1 Å². The number of nitrogens with zero attached hydrogens (tertiary/aromatic N) is 2. The van der Waals surface area contributed by atoms with Crippen molar-refractivity contribution in [2.45, 2.75) is 6.23 Å². The van der Waals surface area contributed by atoms with Crippen molar-refractivity contribution in [1.82, 2.24) is 5.06 Å². The number of hydrogen-bond acceptors (Lipinski definition) is 6. The average molecular weight is 261 g/mol. The minimum Gasteiger partial charge on any atom is -0.374 e. The van der Waals surface area contributed by atoms with Gasteiger partial charge in [0.05, 0.1) is 11.3 Å². The van der Waals surface area contributed by atoms with Gasteiger partial charge < -0.3 is 15.3 Å². The Morgan fingerprint density at radius 1 is 1.53 bits per heavy atom. The molecule has 1 aliphatic rings. The van der Waals surface area contributed by atoms with Crippen LogP contribution in [0.4, 0.5) is 5.69 Å². The third kappa shape index (κ3) is 2.40. The van der Waals surface area contributed by atoms with E-state index in [1.54, 1.807) is 12.1 Å². The number of aliphatic hydroxyl groups excluding tert-OH is 1. The van der Waals surface area contributed by atoms with E-state index in [4.69, 9.17) is 5.26 Å². The molecule has 19 heavy (non-hydrogen) atoms. The van der Waals surface area contributed by atoms with Gasteiger partial charge in [0.25, 0.3) is 0 Å². The van der Waals surface area contributed by atoms with E-state index in [0.29, 0.717) is 0 Å². The zero-order valence-corrected chi connectivity index (χ0v) is 10.0. The van der Waals surface area contributed by atoms with Gasteiger partial charge in [0.15, 0.2) is 12.1 Å². The second kappa shape index (κ2) is 5.06. The molecule has 98 valence electrons. The molecule has 2 N–H and O–H groups in total. The second-order valence-corrected chi connectivity index (χ2v) is 3.99. The van der Waals surface area contributed by atoms with Crippen molar-refractivity contribution in [3.05, 3.63) is 29.8 Å². The molecule has 2 rings (SSSR count). The standard InChI is InChI=1S/C12H11N3O4/c1-15-11(17)9(12(18)19-15)10(16)14-8-5-3-2-4-7(8)6-13/h2-5,9,11,17H,1H3,(H,14,16). The van der Waals surface area contributed by atoms with Crippen LogP contribution < -0.4 is 5.32 Å². The maximum atomic E-state index is 11.9. The fourth-order valence-electron chi connectivity index (χ4n) is 1.73. The van der Waals surface area contributed by atoms with E-state index in [1.807, 2.05) is 6.07 Å². The highest BCUT2D eigenvalue weighted by Gasteiger charge is 2.45. The number of para-hydroxylation sites is 1. The molecule has 0 spiro atoms. The quantitative estimate of drug-likeness (QED) is 0.717. The summed E-state index contributed by atoms with van der Waals surface area (Å²) in [6, 6.07) is 8.28. The van der Waals surface area contributed by atoms with Crippen LogP contribution in [0.25, 0.3) is 0 Å². The van der Waals surface area contributed by atoms with E-state index in [2.05, 4.69) is 10.2 Å². The fourth-order valence-corrected chi connectivity index (χ4v) is 1.73. The first kappa shape index (κ1) is 13.0. The van der Waals surface area contributed by atoms with Gasteiger partial charge in [0.2, 0.25) is 5.91 Å². The van der Waals surface area contributed by atoms with Crippen molar-refractivity contribution in [2.24, 2.45) is 5.92 Å². The molecule has 0 saturated carbocycles. The zero-order valence-electron chi connectivity index (χ0n) is 10.0. The van der Waals surface area contributed by atoms with Crippen molar-refractivity contribution in [3.63, 3.8) is 0 Å². The van der Waals surface area contributed by atoms with Crippen molar-refractivity contribution >= 4 is 17.6 Å². The van der Waals surface area contributed by atoms with Gasteiger partial charge in [-0.1, -0.05) is 12.1 Å². The molecule has 0 aromatic heterocycles. The molecule has 0 radical (unpaired) electrons. The second-order valence-electron chi connectivity index (χ2n) is 3.99. The molecule has 1 aliphatic heterocycles. The van der Waals surface area contributed by atoms with E-state index in [0.717, 1.165) is 5.06 Å². The molecular formula is C12H11N3O4. The first-order valence-corrected chi connectivity index (χ1v) is 5.47. The molecule has 0 aliphatic carbocycles. The molecule has 0 bridgehead atoms. The summed E-state index contributed by atoms with van der Waals surface area (Å²) in [4.78, 5) is 28.0. The average Bonchev–Trinajstić information content (AvgIpc) is 2.64. The number of nitriles is 1. The lowest BCUT2D eigenvalue weighted by Crippen LogP contribution is -2.37. The SMILES string of the molecule is CN1OC(=O)C(C(=O)Nc2ccccc2C#N)C1O. The first-order chi connectivity index (χ1) is 9.04. The smallest absolute Gasteiger partial charge is 0.341 e. The molecular weight excluding hydrogens is 250 g/mol. The van der Waals surface area contributed by atoms with E-state index in [-0.39, 0.29) is 11.3 Å².